The van der Waals surface area contributed by atoms with E-state index in [1.54, 1.807) is 32.3 Å². The molecule has 0 aliphatic heterocycles. The summed E-state index contributed by atoms with van der Waals surface area (Å²) in [7, 11) is 3.40. The van der Waals surface area contributed by atoms with Crippen LogP contribution in [-0.2, 0) is 11.2 Å². The summed E-state index contributed by atoms with van der Waals surface area (Å²) < 4.78 is 0. The molecular weight excluding hydrogens is 238 g/mol. The highest BCUT2D eigenvalue weighted by Crippen LogP contribution is 2.19. The van der Waals surface area contributed by atoms with Crippen molar-refractivity contribution in [3.63, 3.8) is 0 Å². The number of hydrogen-bond acceptors (Lipinski definition) is 2. The molecule has 0 N–H and O–H groups in total. The Hall–Kier alpha value is -1.35. The smallest absolute Gasteiger partial charge is 0.253 e. The molecule has 0 heterocycles. The van der Waals surface area contributed by atoms with Gasteiger partial charge in [0.15, 0.2) is 0 Å². The van der Waals surface area contributed by atoms with E-state index in [4.69, 9.17) is 11.6 Å². The summed E-state index contributed by atoms with van der Waals surface area (Å²) in [5.41, 5.74) is 1.44. The van der Waals surface area contributed by atoms with E-state index >= 15 is 0 Å². The first kappa shape index (κ1) is 13.7. The van der Waals surface area contributed by atoms with Gasteiger partial charge in [0.25, 0.3) is 5.91 Å². The Kier molecular flexibility index (Phi) is 4.70. The lowest BCUT2D eigenvalue weighted by Gasteiger charge is -2.14. The topological polar surface area (TPSA) is 37.4 Å². The first-order valence-electron chi connectivity index (χ1n) is 5.41. The highest BCUT2D eigenvalue weighted by atomic mass is 35.5. The van der Waals surface area contributed by atoms with Gasteiger partial charge in [-0.15, -0.1) is 0 Å². The fourth-order valence-electron chi connectivity index (χ4n) is 1.53. The average molecular weight is 254 g/mol. The van der Waals surface area contributed by atoms with Gasteiger partial charge >= 0.3 is 0 Å². The normalized spacial score (nSPS) is 10.1. The fraction of sp³-hybridized carbons (Fsp3) is 0.385. The Bertz CT molecular complexity index is 441. The van der Waals surface area contributed by atoms with Gasteiger partial charge < -0.3 is 9.69 Å². The van der Waals surface area contributed by atoms with Crippen LogP contribution in [0.3, 0.4) is 0 Å². The van der Waals surface area contributed by atoms with E-state index in [2.05, 4.69) is 0 Å². The van der Waals surface area contributed by atoms with Crippen LogP contribution >= 0.6 is 11.6 Å². The number of aryl methyl sites for hydroxylation is 1. The highest BCUT2D eigenvalue weighted by Gasteiger charge is 2.13. The summed E-state index contributed by atoms with van der Waals surface area (Å²) in [5.74, 6) is 0.0356. The largest absolute Gasteiger partial charge is 0.345 e. The number of nitrogens with zero attached hydrogens (tertiary/aromatic N) is 1. The third-order valence-corrected chi connectivity index (χ3v) is 2.69. The molecule has 1 rings (SSSR count). The second-order valence-corrected chi connectivity index (χ2v) is 4.64. The number of carbonyl (C=O) groups is 2. The van der Waals surface area contributed by atoms with Crippen LogP contribution in [0.15, 0.2) is 18.2 Å². The SMILES string of the molecule is CC(=O)CCc1cc(Cl)ccc1C(=O)N(C)C. The minimum atomic E-state index is -0.0692. The number of hydrogen-bond donors (Lipinski definition) is 0. The predicted molar refractivity (Wildman–Crippen MR) is 68.5 cm³/mol. The zero-order chi connectivity index (χ0) is 13.0. The van der Waals surface area contributed by atoms with Gasteiger partial charge in [0.05, 0.1) is 0 Å². The maximum Gasteiger partial charge on any atom is 0.253 e. The fourth-order valence-corrected chi connectivity index (χ4v) is 1.72. The molecule has 0 aliphatic carbocycles. The van der Waals surface area contributed by atoms with Crippen molar-refractivity contribution >= 4 is 23.3 Å². The zero-order valence-corrected chi connectivity index (χ0v) is 11.0. The summed E-state index contributed by atoms with van der Waals surface area (Å²) in [6, 6.07) is 5.15. The van der Waals surface area contributed by atoms with Crippen LogP contribution in [0, 0.1) is 0 Å². The molecule has 4 heteroatoms. The monoisotopic (exact) mass is 253 g/mol. The Morgan fingerprint density at radius 2 is 1.94 bits per heavy atom. The zero-order valence-electron chi connectivity index (χ0n) is 10.3. The van der Waals surface area contributed by atoms with Crippen LogP contribution in [0.5, 0.6) is 0 Å². The van der Waals surface area contributed by atoms with Crippen molar-refractivity contribution in [1.29, 1.82) is 0 Å². The second-order valence-electron chi connectivity index (χ2n) is 4.20. The Morgan fingerprint density at radius 3 is 2.47 bits per heavy atom. The van der Waals surface area contributed by atoms with Crippen molar-refractivity contribution in [3.05, 3.63) is 34.3 Å². The molecule has 0 fully saturated rings. The van der Waals surface area contributed by atoms with E-state index in [0.717, 1.165) is 5.56 Å². The molecule has 0 unspecified atom stereocenters. The van der Waals surface area contributed by atoms with Crippen molar-refractivity contribution in [2.45, 2.75) is 19.8 Å². The van der Waals surface area contributed by atoms with Crippen LogP contribution < -0.4 is 0 Å². The molecule has 0 aliphatic rings. The number of carbonyl (C=O) groups excluding carboxylic acids is 2. The molecule has 0 saturated carbocycles. The van der Waals surface area contributed by atoms with Crippen molar-refractivity contribution in [1.82, 2.24) is 4.90 Å². The third kappa shape index (κ3) is 3.86. The molecule has 1 aromatic carbocycles. The van der Waals surface area contributed by atoms with Crippen LogP contribution in [0.2, 0.25) is 5.02 Å². The summed E-state index contributed by atoms with van der Waals surface area (Å²) in [6.07, 6.45) is 0.971. The van der Waals surface area contributed by atoms with Crippen molar-refractivity contribution in [2.24, 2.45) is 0 Å². The highest BCUT2D eigenvalue weighted by molar-refractivity contribution is 6.30. The number of benzene rings is 1. The first-order valence-corrected chi connectivity index (χ1v) is 5.79. The Morgan fingerprint density at radius 1 is 1.29 bits per heavy atom. The van der Waals surface area contributed by atoms with Crippen LogP contribution in [0.1, 0.15) is 29.3 Å². The maximum absolute atomic E-state index is 11.9. The number of rotatable bonds is 4. The van der Waals surface area contributed by atoms with Gasteiger partial charge in [-0.25, -0.2) is 0 Å². The van der Waals surface area contributed by atoms with E-state index in [0.29, 0.717) is 23.4 Å². The van der Waals surface area contributed by atoms with Crippen LogP contribution in [0.4, 0.5) is 0 Å². The predicted octanol–water partition coefficient (Wildman–Crippen LogP) is 2.56. The van der Waals surface area contributed by atoms with Crippen molar-refractivity contribution < 1.29 is 9.59 Å². The van der Waals surface area contributed by atoms with Gasteiger partial charge in [-0.05, 0) is 37.1 Å². The molecular formula is C13H16ClNO2. The van der Waals surface area contributed by atoms with Gasteiger partial charge in [-0.1, -0.05) is 11.6 Å². The average Bonchev–Trinajstić information content (AvgIpc) is 2.25. The van der Waals surface area contributed by atoms with Crippen molar-refractivity contribution in [3.8, 4) is 0 Å². The molecule has 0 saturated heterocycles. The minimum Gasteiger partial charge on any atom is -0.345 e. The molecule has 0 spiro atoms. The third-order valence-electron chi connectivity index (χ3n) is 2.45. The lowest BCUT2D eigenvalue weighted by atomic mass is 10.0. The molecule has 0 atom stereocenters. The summed E-state index contributed by atoms with van der Waals surface area (Å²) in [4.78, 5) is 24.4. The molecule has 3 nitrogen and oxygen atoms in total. The molecule has 0 radical (unpaired) electrons. The molecule has 92 valence electrons. The lowest BCUT2D eigenvalue weighted by molar-refractivity contribution is -0.116. The molecule has 17 heavy (non-hydrogen) atoms. The molecule has 1 amide bonds. The van der Waals surface area contributed by atoms with Gasteiger partial charge in [-0.3, -0.25) is 4.79 Å². The number of halogens is 1. The lowest BCUT2D eigenvalue weighted by Crippen LogP contribution is -2.23. The summed E-state index contributed by atoms with van der Waals surface area (Å²) in [6.45, 7) is 1.54. The van der Waals surface area contributed by atoms with E-state index in [-0.39, 0.29) is 11.7 Å². The van der Waals surface area contributed by atoms with Gasteiger partial charge in [0.1, 0.15) is 5.78 Å². The van der Waals surface area contributed by atoms with Gasteiger partial charge in [0, 0.05) is 31.1 Å². The quantitative estimate of drug-likeness (QED) is 0.827. The molecule has 0 aromatic heterocycles. The molecule has 0 bridgehead atoms. The van der Waals surface area contributed by atoms with E-state index in [1.807, 2.05) is 0 Å². The van der Waals surface area contributed by atoms with E-state index in [9.17, 15) is 9.59 Å². The maximum atomic E-state index is 11.9. The van der Waals surface area contributed by atoms with E-state index in [1.165, 1.54) is 11.8 Å². The number of ketones is 1. The number of Topliss-reactive ketones (excluding diaryl/α,β-unsaturated/α-hetero) is 1. The van der Waals surface area contributed by atoms with Gasteiger partial charge in [0.2, 0.25) is 0 Å². The summed E-state index contributed by atoms with van der Waals surface area (Å²) >= 11 is 5.91. The minimum absolute atomic E-state index is 0.0692. The molecule has 1 aromatic rings. The van der Waals surface area contributed by atoms with Gasteiger partial charge in [-0.2, -0.15) is 0 Å². The summed E-state index contributed by atoms with van der Waals surface area (Å²) in [5, 5.41) is 0.582. The van der Waals surface area contributed by atoms with Crippen LogP contribution in [-0.4, -0.2) is 30.7 Å². The Labute approximate surface area is 106 Å². The van der Waals surface area contributed by atoms with Crippen LogP contribution in [0.25, 0.3) is 0 Å². The first-order chi connectivity index (χ1) is 7.91. The number of amides is 1. The Balaban J connectivity index is 3.03. The second kappa shape index (κ2) is 5.82. The standard InChI is InChI=1S/C13H16ClNO2/c1-9(16)4-5-10-8-11(14)6-7-12(10)13(17)15(2)3/h6-8H,4-5H2,1-3H3. The van der Waals surface area contributed by atoms with E-state index < -0.39 is 0 Å². The van der Waals surface area contributed by atoms with Crippen molar-refractivity contribution in [2.75, 3.05) is 14.1 Å².